The topological polar surface area (TPSA) is 78.9 Å². The van der Waals surface area contributed by atoms with Crippen molar-refractivity contribution in [2.45, 2.75) is 38.5 Å². The second kappa shape index (κ2) is 8.17. The van der Waals surface area contributed by atoms with Crippen molar-refractivity contribution in [2.24, 2.45) is 0 Å². The largest absolute Gasteiger partial charge is 0.441 e. The number of nitriles is 1. The molecule has 0 atom stereocenters. The fourth-order valence-corrected chi connectivity index (χ4v) is 4.74. The Bertz CT molecular complexity index is 1050. The molecule has 0 spiro atoms. The van der Waals surface area contributed by atoms with Gasteiger partial charge in [0.15, 0.2) is 11.7 Å². The molecule has 3 aromatic rings. The quantitative estimate of drug-likeness (QED) is 0.611. The molecule has 0 radical (unpaired) electrons. The molecule has 1 aromatic carbocycles. The molecular weight excluding hydrogens is 394 g/mol. The second-order valence-electron chi connectivity index (χ2n) is 6.70. The number of hydrogen-bond acceptors (Lipinski definition) is 5. The van der Waals surface area contributed by atoms with Gasteiger partial charge in [0.2, 0.25) is 5.91 Å². The van der Waals surface area contributed by atoms with Crippen molar-refractivity contribution in [3.63, 3.8) is 0 Å². The predicted octanol–water partition coefficient (Wildman–Crippen LogP) is 5.38. The van der Waals surface area contributed by atoms with Crippen molar-refractivity contribution < 1.29 is 9.21 Å². The van der Waals surface area contributed by atoms with Crippen molar-refractivity contribution >= 4 is 33.8 Å². The van der Waals surface area contributed by atoms with Gasteiger partial charge in [-0.05, 0) is 55.5 Å². The summed E-state index contributed by atoms with van der Waals surface area (Å²) in [7, 11) is 0. The number of halogens is 1. The van der Waals surface area contributed by atoms with Crippen LogP contribution >= 0.6 is 22.9 Å². The molecule has 2 aromatic heterocycles. The molecule has 0 unspecified atom stereocenters. The molecule has 0 saturated carbocycles. The van der Waals surface area contributed by atoms with Crippen molar-refractivity contribution in [1.82, 2.24) is 4.98 Å². The van der Waals surface area contributed by atoms with E-state index in [-0.39, 0.29) is 12.3 Å². The van der Waals surface area contributed by atoms with Crippen LogP contribution < -0.4 is 5.32 Å². The Morgan fingerprint density at radius 1 is 1.29 bits per heavy atom. The van der Waals surface area contributed by atoms with Crippen molar-refractivity contribution in [3.8, 4) is 17.4 Å². The number of nitrogens with one attached hydrogen (secondary N) is 1. The Hall–Kier alpha value is -2.62. The Morgan fingerprint density at radius 2 is 2.07 bits per heavy atom. The lowest BCUT2D eigenvalue weighted by Gasteiger charge is -2.09. The van der Waals surface area contributed by atoms with Crippen LogP contribution in [0, 0.1) is 11.3 Å². The van der Waals surface area contributed by atoms with Gasteiger partial charge in [0.05, 0.1) is 11.8 Å². The fraction of sp³-hybridized carbons (Fsp3) is 0.286. The van der Waals surface area contributed by atoms with E-state index < -0.39 is 0 Å². The van der Waals surface area contributed by atoms with Gasteiger partial charge in [0.25, 0.3) is 0 Å². The highest BCUT2D eigenvalue weighted by Gasteiger charge is 2.21. The number of benzene rings is 1. The van der Waals surface area contributed by atoms with Gasteiger partial charge >= 0.3 is 0 Å². The third-order valence-electron chi connectivity index (χ3n) is 4.78. The summed E-state index contributed by atoms with van der Waals surface area (Å²) < 4.78 is 5.74. The van der Waals surface area contributed by atoms with E-state index in [1.54, 1.807) is 18.3 Å². The molecular formula is C21H18ClN3O2S. The van der Waals surface area contributed by atoms with E-state index in [0.717, 1.165) is 36.8 Å². The molecule has 0 aliphatic heterocycles. The van der Waals surface area contributed by atoms with E-state index in [4.69, 9.17) is 16.0 Å². The zero-order valence-electron chi connectivity index (χ0n) is 15.1. The number of aryl methyl sites for hydroxylation is 2. The highest BCUT2D eigenvalue weighted by Crippen LogP contribution is 2.37. The number of aromatic nitrogens is 1. The van der Waals surface area contributed by atoms with Crippen LogP contribution in [0.5, 0.6) is 0 Å². The van der Waals surface area contributed by atoms with Crippen LogP contribution in [0.15, 0.2) is 34.9 Å². The predicted molar refractivity (Wildman–Crippen MR) is 110 cm³/mol. The molecule has 0 bridgehead atoms. The molecule has 5 nitrogen and oxygen atoms in total. The maximum absolute atomic E-state index is 12.4. The number of rotatable bonds is 5. The zero-order valence-corrected chi connectivity index (χ0v) is 16.7. The minimum Gasteiger partial charge on any atom is -0.441 e. The van der Waals surface area contributed by atoms with Crippen LogP contribution in [0.1, 0.15) is 41.2 Å². The van der Waals surface area contributed by atoms with Crippen LogP contribution in [0.3, 0.4) is 0 Å². The lowest BCUT2D eigenvalue weighted by atomic mass is 9.96. The van der Waals surface area contributed by atoms with Crippen molar-refractivity contribution in [2.75, 3.05) is 5.32 Å². The summed E-state index contributed by atoms with van der Waals surface area (Å²) in [5.41, 5.74) is 2.64. The SMILES string of the molecule is N#Cc1c(NC(=O)CCc2ncc(-c3ccc(Cl)cc3)o2)sc2c1CCCC2. The van der Waals surface area contributed by atoms with E-state index in [0.29, 0.717) is 33.7 Å². The average molecular weight is 412 g/mol. The minimum absolute atomic E-state index is 0.138. The van der Waals surface area contributed by atoms with Gasteiger partial charge in [-0.25, -0.2) is 4.98 Å². The van der Waals surface area contributed by atoms with Gasteiger partial charge < -0.3 is 9.73 Å². The highest BCUT2D eigenvalue weighted by atomic mass is 35.5. The van der Waals surface area contributed by atoms with E-state index in [1.807, 2.05) is 12.1 Å². The van der Waals surface area contributed by atoms with Gasteiger partial charge in [-0.3, -0.25) is 4.79 Å². The smallest absolute Gasteiger partial charge is 0.225 e. The second-order valence-corrected chi connectivity index (χ2v) is 8.24. The first-order valence-electron chi connectivity index (χ1n) is 9.19. The Balaban J connectivity index is 1.38. The zero-order chi connectivity index (χ0) is 19.5. The molecule has 0 saturated heterocycles. The Kier molecular flexibility index (Phi) is 5.47. The maximum Gasteiger partial charge on any atom is 0.225 e. The summed E-state index contributed by atoms with van der Waals surface area (Å²) in [5.74, 6) is 1.01. The van der Waals surface area contributed by atoms with Crippen molar-refractivity contribution in [3.05, 3.63) is 57.4 Å². The lowest BCUT2D eigenvalue weighted by molar-refractivity contribution is -0.116. The molecule has 7 heteroatoms. The molecule has 1 aliphatic carbocycles. The van der Waals surface area contributed by atoms with Crippen molar-refractivity contribution in [1.29, 1.82) is 5.26 Å². The number of hydrogen-bond donors (Lipinski definition) is 1. The number of anilines is 1. The number of fused-ring (bicyclic) bond motifs is 1. The number of carbonyl (C=O) groups excluding carboxylic acids is 1. The third kappa shape index (κ3) is 3.96. The first-order chi connectivity index (χ1) is 13.6. The molecule has 4 rings (SSSR count). The standard InChI is InChI=1S/C21H18ClN3O2S/c22-14-7-5-13(6-8-14)17-12-24-20(27-17)10-9-19(26)25-21-16(11-23)15-3-1-2-4-18(15)28-21/h5-8,12H,1-4,9-10H2,(H,25,26). The molecule has 1 N–H and O–H groups in total. The number of oxazole rings is 1. The summed E-state index contributed by atoms with van der Waals surface area (Å²) in [6.45, 7) is 0. The van der Waals surface area contributed by atoms with Gasteiger partial charge in [-0.2, -0.15) is 5.26 Å². The average Bonchev–Trinajstić information content (AvgIpc) is 3.31. The van der Waals surface area contributed by atoms with E-state index in [9.17, 15) is 10.1 Å². The van der Waals surface area contributed by atoms with Crippen LogP contribution in [-0.2, 0) is 24.1 Å². The summed E-state index contributed by atoms with van der Waals surface area (Å²) >= 11 is 7.44. The molecule has 0 fully saturated rings. The molecule has 142 valence electrons. The maximum atomic E-state index is 12.4. The first kappa shape index (κ1) is 18.7. The lowest BCUT2D eigenvalue weighted by Crippen LogP contribution is -2.12. The Morgan fingerprint density at radius 3 is 2.86 bits per heavy atom. The fourth-order valence-electron chi connectivity index (χ4n) is 3.36. The van der Waals surface area contributed by atoms with Crippen LogP contribution in [0.4, 0.5) is 5.00 Å². The van der Waals surface area contributed by atoms with E-state index in [1.165, 1.54) is 16.2 Å². The molecule has 28 heavy (non-hydrogen) atoms. The first-order valence-corrected chi connectivity index (χ1v) is 10.4. The Labute approximate surface area is 172 Å². The summed E-state index contributed by atoms with van der Waals surface area (Å²) in [5, 5.41) is 13.7. The van der Waals surface area contributed by atoms with E-state index in [2.05, 4.69) is 16.4 Å². The monoisotopic (exact) mass is 411 g/mol. The molecule has 2 heterocycles. The van der Waals surface area contributed by atoms with Gasteiger partial charge in [-0.1, -0.05) is 11.6 Å². The van der Waals surface area contributed by atoms with Gasteiger partial charge in [0, 0.05) is 28.3 Å². The van der Waals surface area contributed by atoms with Crippen LogP contribution in [0.25, 0.3) is 11.3 Å². The van der Waals surface area contributed by atoms with Gasteiger partial charge in [-0.15, -0.1) is 11.3 Å². The molecule has 1 aliphatic rings. The number of carbonyl (C=O) groups is 1. The van der Waals surface area contributed by atoms with Gasteiger partial charge in [0.1, 0.15) is 11.1 Å². The normalized spacial score (nSPS) is 13.0. The molecule has 1 amide bonds. The number of nitrogens with zero attached hydrogens (tertiary/aromatic N) is 2. The third-order valence-corrected chi connectivity index (χ3v) is 6.24. The summed E-state index contributed by atoms with van der Waals surface area (Å²) in [6.07, 6.45) is 6.46. The summed E-state index contributed by atoms with van der Waals surface area (Å²) in [4.78, 5) is 17.9. The number of amides is 1. The highest BCUT2D eigenvalue weighted by molar-refractivity contribution is 7.16. The van der Waals surface area contributed by atoms with Crippen LogP contribution in [-0.4, -0.2) is 10.9 Å². The van der Waals surface area contributed by atoms with E-state index >= 15 is 0 Å². The summed E-state index contributed by atoms with van der Waals surface area (Å²) in [6, 6.07) is 9.57. The van der Waals surface area contributed by atoms with Crippen LogP contribution in [0.2, 0.25) is 5.02 Å². The minimum atomic E-state index is -0.138. The number of thiophene rings is 1.